The molecule has 0 aliphatic heterocycles. The van der Waals surface area contributed by atoms with Crippen LogP contribution in [0.4, 0.5) is 8.78 Å². The summed E-state index contributed by atoms with van der Waals surface area (Å²) in [5, 5.41) is 3.05. The Morgan fingerprint density at radius 1 is 1.14 bits per heavy atom. The van der Waals surface area contributed by atoms with Crippen LogP contribution < -0.4 is 5.56 Å². The highest BCUT2D eigenvalue weighted by atomic mass is 32.2. The summed E-state index contributed by atoms with van der Waals surface area (Å²) in [5.74, 6) is -0.988. The summed E-state index contributed by atoms with van der Waals surface area (Å²) in [6, 6.07) is 6.17. The third-order valence-corrected chi connectivity index (χ3v) is 7.14. The summed E-state index contributed by atoms with van der Waals surface area (Å²) in [5.41, 5.74) is 1.48. The Labute approximate surface area is 174 Å². The fourth-order valence-electron chi connectivity index (χ4n) is 3.01. The zero-order valence-electron chi connectivity index (χ0n) is 14.9. The van der Waals surface area contributed by atoms with Gasteiger partial charge >= 0.3 is 0 Å². The van der Waals surface area contributed by atoms with Crippen LogP contribution in [-0.4, -0.2) is 19.9 Å². The van der Waals surface area contributed by atoms with Crippen LogP contribution in [0, 0.1) is 18.6 Å². The van der Waals surface area contributed by atoms with Gasteiger partial charge in [0.05, 0.1) is 22.2 Å². The minimum Gasteiger partial charge on any atom is -0.333 e. The molecule has 0 amide bonds. The summed E-state index contributed by atoms with van der Waals surface area (Å²) in [6.07, 6.45) is 0. The first-order valence-electron chi connectivity index (χ1n) is 8.53. The quantitative estimate of drug-likeness (QED) is 0.359. The van der Waals surface area contributed by atoms with Crippen molar-refractivity contribution in [2.75, 3.05) is 0 Å². The van der Waals surface area contributed by atoms with Crippen molar-refractivity contribution in [2.24, 2.45) is 0 Å². The molecule has 5 aromatic rings. The Morgan fingerprint density at radius 3 is 2.76 bits per heavy atom. The summed E-state index contributed by atoms with van der Waals surface area (Å²) >= 11 is 4.37. The molecule has 5 nitrogen and oxygen atoms in total. The number of imidazole rings is 1. The molecule has 0 fully saturated rings. The molecule has 1 aromatic carbocycles. The standard InChI is InChI=1S/C19H12F2N4OS3/c1-8-2-3-14(29-8)9-6-27-18-16(9)17(26)24-15(25-18)7-28-19-22-12-4-10(20)11(21)5-13(12)23-19/h2-6H,7H2,1H3,(H,22,23)(H,24,25,26). The Hall–Kier alpha value is -2.56. The lowest BCUT2D eigenvalue weighted by Crippen LogP contribution is -2.10. The third-order valence-electron chi connectivity index (χ3n) is 4.35. The van der Waals surface area contributed by atoms with Gasteiger partial charge in [0, 0.05) is 32.8 Å². The minimum absolute atomic E-state index is 0.179. The van der Waals surface area contributed by atoms with Crippen LogP contribution in [0.15, 0.2) is 39.6 Å². The van der Waals surface area contributed by atoms with Gasteiger partial charge in [-0.25, -0.2) is 18.7 Å². The number of hydrogen-bond acceptors (Lipinski definition) is 6. The van der Waals surface area contributed by atoms with E-state index in [1.165, 1.54) is 28.0 Å². The molecule has 0 aliphatic carbocycles. The molecule has 4 heterocycles. The van der Waals surface area contributed by atoms with E-state index in [2.05, 4.69) is 19.9 Å². The highest BCUT2D eigenvalue weighted by molar-refractivity contribution is 7.98. The predicted molar refractivity (Wildman–Crippen MR) is 114 cm³/mol. The van der Waals surface area contributed by atoms with Crippen molar-refractivity contribution < 1.29 is 8.78 Å². The van der Waals surface area contributed by atoms with Gasteiger partial charge in [0.15, 0.2) is 16.8 Å². The predicted octanol–water partition coefficient (Wildman–Crippen LogP) is 5.47. The Balaban J connectivity index is 1.43. The number of nitrogens with zero attached hydrogens (tertiary/aromatic N) is 2. The van der Waals surface area contributed by atoms with Crippen LogP contribution in [0.25, 0.3) is 31.7 Å². The van der Waals surface area contributed by atoms with E-state index in [1.54, 1.807) is 11.3 Å². The Morgan fingerprint density at radius 2 is 1.97 bits per heavy atom. The number of H-pyrrole nitrogens is 2. The van der Waals surface area contributed by atoms with E-state index in [4.69, 9.17) is 0 Å². The number of thiophene rings is 2. The summed E-state index contributed by atoms with van der Waals surface area (Å²) in [4.78, 5) is 30.2. The molecule has 0 saturated carbocycles. The van der Waals surface area contributed by atoms with E-state index in [1.807, 2.05) is 24.4 Å². The molecule has 29 heavy (non-hydrogen) atoms. The molecule has 0 unspecified atom stereocenters. The summed E-state index contributed by atoms with van der Waals surface area (Å²) < 4.78 is 26.7. The molecule has 0 bridgehead atoms. The lowest BCUT2D eigenvalue weighted by atomic mass is 10.2. The van der Waals surface area contributed by atoms with Gasteiger partial charge in [0.1, 0.15) is 10.7 Å². The number of thioether (sulfide) groups is 1. The van der Waals surface area contributed by atoms with Crippen LogP contribution in [-0.2, 0) is 5.75 Å². The van der Waals surface area contributed by atoms with Crippen LogP contribution in [0.1, 0.15) is 10.7 Å². The van der Waals surface area contributed by atoms with E-state index < -0.39 is 11.6 Å². The van der Waals surface area contributed by atoms with Gasteiger partial charge in [-0.2, -0.15) is 0 Å². The van der Waals surface area contributed by atoms with Crippen LogP contribution in [0.2, 0.25) is 0 Å². The molecule has 0 spiro atoms. The number of hydrogen-bond donors (Lipinski definition) is 2. The van der Waals surface area contributed by atoms with E-state index >= 15 is 0 Å². The zero-order valence-corrected chi connectivity index (χ0v) is 17.3. The molecule has 5 rings (SSSR count). The van der Waals surface area contributed by atoms with Crippen molar-refractivity contribution in [1.29, 1.82) is 0 Å². The average molecular weight is 447 g/mol. The lowest BCUT2D eigenvalue weighted by Gasteiger charge is -2.00. The first-order chi connectivity index (χ1) is 14.0. The maximum atomic E-state index is 13.4. The van der Waals surface area contributed by atoms with Gasteiger partial charge in [-0.1, -0.05) is 11.8 Å². The summed E-state index contributed by atoms with van der Waals surface area (Å²) in [7, 11) is 0. The monoisotopic (exact) mass is 446 g/mol. The van der Waals surface area contributed by atoms with Crippen molar-refractivity contribution in [2.45, 2.75) is 17.8 Å². The zero-order chi connectivity index (χ0) is 20.1. The second kappa shape index (κ2) is 7.05. The Kier molecular flexibility index (Phi) is 4.49. The molecule has 4 aromatic heterocycles. The van der Waals surface area contributed by atoms with Gasteiger partial charge in [-0.05, 0) is 19.1 Å². The first-order valence-corrected chi connectivity index (χ1v) is 11.2. The van der Waals surface area contributed by atoms with Gasteiger partial charge in [0.2, 0.25) is 0 Å². The number of halogens is 2. The summed E-state index contributed by atoms with van der Waals surface area (Å²) in [6.45, 7) is 2.03. The molecule has 0 radical (unpaired) electrons. The number of benzene rings is 1. The molecular weight excluding hydrogens is 434 g/mol. The fraction of sp³-hybridized carbons (Fsp3) is 0.105. The Bertz CT molecular complexity index is 1390. The van der Waals surface area contributed by atoms with Crippen molar-refractivity contribution in [1.82, 2.24) is 19.9 Å². The van der Waals surface area contributed by atoms with Crippen molar-refractivity contribution in [3.63, 3.8) is 0 Å². The van der Waals surface area contributed by atoms with Crippen molar-refractivity contribution in [3.05, 3.63) is 62.3 Å². The second-order valence-corrected chi connectivity index (χ2v) is 9.48. The van der Waals surface area contributed by atoms with E-state index in [0.717, 1.165) is 22.6 Å². The molecule has 0 aliphatic rings. The van der Waals surface area contributed by atoms with E-state index in [-0.39, 0.29) is 5.56 Å². The normalized spacial score (nSPS) is 11.7. The number of nitrogens with one attached hydrogen (secondary N) is 2. The van der Waals surface area contributed by atoms with Gasteiger partial charge < -0.3 is 9.97 Å². The molecule has 10 heteroatoms. The molecule has 2 N–H and O–H groups in total. The van der Waals surface area contributed by atoms with Gasteiger partial charge in [0.25, 0.3) is 5.56 Å². The topological polar surface area (TPSA) is 74.4 Å². The highest BCUT2D eigenvalue weighted by Gasteiger charge is 2.15. The SMILES string of the molecule is Cc1ccc(-c2csc3nc(CSc4nc5cc(F)c(F)cc5[nH]4)[nH]c(=O)c23)s1. The maximum absolute atomic E-state index is 13.4. The van der Waals surface area contributed by atoms with E-state index in [9.17, 15) is 13.6 Å². The highest BCUT2D eigenvalue weighted by Crippen LogP contribution is 2.35. The molecule has 146 valence electrons. The minimum atomic E-state index is -0.938. The van der Waals surface area contributed by atoms with Crippen molar-refractivity contribution in [3.8, 4) is 10.4 Å². The number of aromatic amines is 2. The van der Waals surface area contributed by atoms with Crippen LogP contribution in [0.5, 0.6) is 0 Å². The average Bonchev–Trinajstić information content (AvgIpc) is 3.38. The first kappa shape index (κ1) is 18.5. The molecular formula is C19H12F2N4OS3. The molecule has 0 atom stereocenters. The largest absolute Gasteiger partial charge is 0.333 e. The maximum Gasteiger partial charge on any atom is 0.260 e. The van der Waals surface area contributed by atoms with E-state index in [0.29, 0.717) is 38.0 Å². The van der Waals surface area contributed by atoms with Gasteiger partial charge in [-0.15, -0.1) is 22.7 Å². The van der Waals surface area contributed by atoms with Crippen LogP contribution >= 0.6 is 34.4 Å². The third kappa shape index (κ3) is 3.37. The number of aromatic nitrogens is 4. The second-order valence-electron chi connectivity index (χ2n) is 6.37. The van der Waals surface area contributed by atoms with Crippen molar-refractivity contribution >= 4 is 55.7 Å². The van der Waals surface area contributed by atoms with Crippen LogP contribution in [0.3, 0.4) is 0 Å². The smallest absolute Gasteiger partial charge is 0.260 e. The number of rotatable bonds is 4. The molecule has 0 saturated heterocycles. The fourth-order valence-corrected chi connectivity index (χ4v) is 5.69. The lowest BCUT2D eigenvalue weighted by molar-refractivity contribution is 0.510. The number of aryl methyl sites for hydroxylation is 1. The van der Waals surface area contributed by atoms with Gasteiger partial charge in [-0.3, -0.25) is 4.79 Å². The number of fused-ring (bicyclic) bond motifs is 2.